The Morgan fingerprint density at radius 1 is 1.35 bits per heavy atom. The van der Waals surface area contributed by atoms with E-state index >= 15 is 0 Å². The Hall–Kier alpha value is -1.06. The lowest BCUT2D eigenvalue weighted by Crippen LogP contribution is -2.45. The van der Waals surface area contributed by atoms with E-state index in [4.69, 9.17) is 4.74 Å². The van der Waals surface area contributed by atoms with Crippen molar-refractivity contribution in [2.24, 2.45) is 0 Å². The topological polar surface area (TPSA) is 24.5 Å². The standard InChI is InChI=1S/C17H28N2O/c1-4-19-11-7-9-16(13-19)18-12-15-8-5-6-10-17(15)20-14(2)3/h5-6,8,10,14,16,18H,4,7,9,11-13H2,1-3H3. The number of nitrogens with zero attached hydrogens (tertiary/aromatic N) is 1. The van der Waals surface area contributed by atoms with Crippen LogP contribution in [0, 0.1) is 0 Å². The number of likely N-dealkylation sites (tertiary alicyclic amines) is 1. The van der Waals surface area contributed by atoms with Gasteiger partial charge in [0, 0.05) is 24.7 Å². The third kappa shape index (κ3) is 4.50. The molecule has 0 spiro atoms. The second kappa shape index (κ2) is 7.65. The summed E-state index contributed by atoms with van der Waals surface area (Å²) in [6, 6.07) is 8.96. The van der Waals surface area contributed by atoms with E-state index < -0.39 is 0 Å². The zero-order valence-electron chi connectivity index (χ0n) is 13.1. The van der Waals surface area contributed by atoms with Crippen LogP contribution in [0.2, 0.25) is 0 Å². The van der Waals surface area contributed by atoms with Crippen molar-refractivity contribution in [3.8, 4) is 5.75 Å². The molecule has 1 heterocycles. The highest BCUT2D eigenvalue weighted by Gasteiger charge is 2.18. The fraction of sp³-hybridized carbons (Fsp3) is 0.647. The van der Waals surface area contributed by atoms with Gasteiger partial charge in [-0.25, -0.2) is 0 Å². The summed E-state index contributed by atoms with van der Waals surface area (Å²) in [6.07, 6.45) is 2.81. The molecule has 0 bridgehead atoms. The van der Waals surface area contributed by atoms with Crippen molar-refractivity contribution in [3.05, 3.63) is 29.8 Å². The van der Waals surface area contributed by atoms with Gasteiger partial charge in [-0.3, -0.25) is 0 Å². The number of benzene rings is 1. The minimum atomic E-state index is 0.224. The van der Waals surface area contributed by atoms with Crippen LogP contribution in [0.1, 0.15) is 39.2 Å². The molecule has 0 aromatic heterocycles. The molecule has 1 aromatic rings. The minimum Gasteiger partial charge on any atom is -0.491 e. The van der Waals surface area contributed by atoms with Crippen molar-refractivity contribution >= 4 is 0 Å². The van der Waals surface area contributed by atoms with Gasteiger partial charge in [-0.1, -0.05) is 25.1 Å². The van der Waals surface area contributed by atoms with Crippen LogP contribution in [0.4, 0.5) is 0 Å². The summed E-state index contributed by atoms with van der Waals surface area (Å²) in [5.74, 6) is 1.01. The van der Waals surface area contributed by atoms with Crippen molar-refractivity contribution < 1.29 is 4.74 Å². The number of rotatable bonds is 6. The van der Waals surface area contributed by atoms with Gasteiger partial charge in [0.2, 0.25) is 0 Å². The van der Waals surface area contributed by atoms with Crippen LogP contribution in [0.5, 0.6) is 5.75 Å². The monoisotopic (exact) mass is 276 g/mol. The Morgan fingerprint density at radius 2 is 2.15 bits per heavy atom. The molecule has 2 rings (SSSR count). The van der Waals surface area contributed by atoms with E-state index in [0.717, 1.165) is 18.8 Å². The molecule has 0 amide bonds. The van der Waals surface area contributed by atoms with Gasteiger partial charge in [-0.2, -0.15) is 0 Å². The summed E-state index contributed by atoms with van der Waals surface area (Å²) < 4.78 is 5.88. The van der Waals surface area contributed by atoms with E-state index in [1.54, 1.807) is 0 Å². The van der Waals surface area contributed by atoms with Crippen LogP contribution in [0.3, 0.4) is 0 Å². The molecule has 0 radical (unpaired) electrons. The lowest BCUT2D eigenvalue weighted by molar-refractivity contribution is 0.197. The molecule has 20 heavy (non-hydrogen) atoms. The van der Waals surface area contributed by atoms with Crippen LogP contribution < -0.4 is 10.1 Å². The quantitative estimate of drug-likeness (QED) is 0.864. The number of ether oxygens (including phenoxy) is 1. The van der Waals surface area contributed by atoms with Gasteiger partial charge < -0.3 is 15.0 Å². The maximum atomic E-state index is 5.88. The summed E-state index contributed by atoms with van der Waals surface area (Å²) in [5.41, 5.74) is 1.26. The Labute approximate surface area is 123 Å². The van der Waals surface area contributed by atoms with E-state index in [-0.39, 0.29) is 6.10 Å². The molecule has 1 aromatic carbocycles. The number of piperidine rings is 1. The number of para-hydroxylation sites is 1. The zero-order chi connectivity index (χ0) is 14.4. The molecule has 3 heteroatoms. The second-order valence-electron chi connectivity index (χ2n) is 5.89. The molecule has 112 valence electrons. The van der Waals surface area contributed by atoms with Crippen LogP contribution in [-0.4, -0.2) is 36.7 Å². The van der Waals surface area contributed by atoms with Crippen molar-refractivity contribution in [1.29, 1.82) is 0 Å². The highest BCUT2D eigenvalue weighted by Crippen LogP contribution is 2.20. The fourth-order valence-corrected chi connectivity index (χ4v) is 2.78. The van der Waals surface area contributed by atoms with Gasteiger partial charge in [0.25, 0.3) is 0 Å². The highest BCUT2D eigenvalue weighted by atomic mass is 16.5. The lowest BCUT2D eigenvalue weighted by atomic mass is 10.1. The third-order valence-electron chi connectivity index (χ3n) is 3.87. The number of nitrogens with one attached hydrogen (secondary N) is 1. The average Bonchev–Trinajstić information content (AvgIpc) is 2.46. The molecule has 1 unspecified atom stereocenters. The first-order valence-corrected chi connectivity index (χ1v) is 7.89. The molecule has 3 nitrogen and oxygen atoms in total. The van der Waals surface area contributed by atoms with Crippen LogP contribution >= 0.6 is 0 Å². The van der Waals surface area contributed by atoms with E-state index in [1.165, 1.54) is 31.5 Å². The number of hydrogen-bond donors (Lipinski definition) is 1. The Morgan fingerprint density at radius 3 is 2.90 bits per heavy atom. The number of likely N-dealkylation sites (N-methyl/N-ethyl adjacent to an activating group) is 1. The van der Waals surface area contributed by atoms with Crippen molar-refractivity contribution in [1.82, 2.24) is 10.2 Å². The zero-order valence-corrected chi connectivity index (χ0v) is 13.1. The summed E-state index contributed by atoms with van der Waals surface area (Å²) >= 11 is 0. The van der Waals surface area contributed by atoms with E-state index in [1.807, 2.05) is 6.07 Å². The van der Waals surface area contributed by atoms with Crippen LogP contribution in [-0.2, 0) is 6.54 Å². The summed E-state index contributed by atoms with van der Waals surface area (Å²) in [7, 11) is 0. The molecule has 1 atom stereocenters. The largest absolute Gasteiger partial charge is 0.491 e. The number of hydrogen-bond acceptors (Lipinski definition) is 3. The highest BCUT2D eigenvalue weighted by molar-refractivity contribution is 5.33. The van der Waals surface area contributed by atoms with Crippen molar-refractivity contribution in [2.45, 2.75) is 52.3 Å². The summed E-state index contributed by atoms with van der Waals surface area (Å²) in [5, 5.41) is 3.69. The second-order valence-corrected chi connectivity index (χ2v) is 5.89. The molecule has 0 saturated carbocycles. The normalized spacial score (nSPS) is 20.3. The average molecular weight is 276 g/mol. The minimum absolute atomic E-state index is 0.224. The maximum absolute atomic E-state index is 5.88. The molecule has 1 aliphatic rings. The van der Waals surface area contributed by atoms with Crippen LogP contribution in [0.15, 0.2) is 24.3 Å². The fourth-order valence-electron chi connectivity index (χ4n) is 2.78. The Balaban J connectivity index is 1.90. The van der Waals surface area contributed by atoms with Gasteiger partial charge >= 0.3 is 0 Å². The maximum Gasteiger partial charge on any atom is 0.124 e. The molecular weight excluding hydrogens is 248 g/mol. The van der Waals surface area contributed by atoms with Gasteiger partial charge in [0.05, 0.1) is 6.10 Å². The van der Waals surface area contributed by atoms with E-state index in [2.05, 4.69) is 49.2 Å². The van der Waals surface area contributed by atoms with Crippen LogP contribution in [0.25, 0.3) is 0 Å². The van der Waals surface area contributed by atoms with Gasteiger partial charge in [0.1, 0.15) is 5.75 Å². The Bertz CT molecular complexity index is 406. The van der Waals surface area contributed by atoms with Gasteiger partial charge in [0.15, 0.2) is 0 Å². The Kier molecular flexibility index (Phi) is 5.86. The predicted octanol–water partition coefficient (Wildman–Crippen LogP) is 3.05. The molecule has 1 aliphatic heterocycles. The van der Waals surface area contributed by atoms with Crippen molar-refractivity contribution in [3.63, 3.8) is 0 Å². The third-order valence-corrected chi connectivity index (χ3v) is 3.87. The predicted molar refractivity (Wildman–Crippen MR) is 84.2 cm³/mol. The molecular formula is C17H28N2O. The van der Waals surface area contributed by atoms with Gasteiger partial charge in [-0.15, -0.1) is 0 Å². The molecule has 1 fully saturated rings. The summed E-state index contributed by atoms with van der Waals surface area (Å²) in [6.45, 7) is 10.9. The first-order valence-electron chi connectivity index (χ1n) is 7.89. The first kappa shape index (κ1) is 15.3. The van der Waals surface area contributed by atoms with Crippen molar-refractivity contribution in [2.75, 3.05) is 19.6 Å². The molecule has 1 N–H and O–H groups in total. The summed E-state index contributed by atoms with van der Waals surface area (Å²) in [4.78, 5) is 2.53. The molecule has 0 aliphatic carbocycles. The van der Waals surface area contributed by atoms with E-state index in [0.29, 0.717) is 6.04 Å². The van der Waals surface area contributed by atoms with Gasteiger partial charge in [-0.05, 0) is 45.8 Å². The first-order chi connectivity index (χ1) is 9.69. The SMILES string of the molecule is CCN1CCCC(NCc2ccccc2OC(C)C)C1. The van der Waals surface area contributed by atoms with E-state index in [9.17, 15) is 0 Å². The smallest absolute Gasteiger partial charge is 0.124 e. The molecule has 1 saturated heterocycles. The lowest BCUT2D eigenvalue weighted by Gasteiger charge is -2.32.